The van der Waals surface area contributed by atoms with E-state index in [2.05, 4.69) is 5.32 Å². The molecule has 0 radical (unpaired) electrons. The van der Waals surface area contributed by atoms with Gasteiger partial charge in [-0.1, -0.05) is 0 Å². The van der Waals surface area contributed by atoms with Crippen molar-refractivity contribution in [3.8, 4) is 0 Å². The summed E-state index contributed by atoms with van der Waals surface area (Å²) in [4.78, 5) is 25.8. The number of carbonyl (C=O) groups excluding carboxylic acids is 2. The highest BCUT2D eigenvalue weighted by atomic mass is 19.1. The SMILES string of the molecule is CC(C)NC(=O)[C@@H]1C[C@@H](N)CN1C(=O)c1cc(F)ccc1F. The van der Waals surface area contributed by atoms with Crippen molar-refractivity contribution in [1.29, 1.82) is 0 Å². The summed E-state index contributed by atoms with van der Waals surface area (Å²) in [6.45, 7) is 3.72. The van der Waals surface area contributed by atoms with Gasteiger partial charge >= 0.3 is 0 Å². The normalized spacial score (nSPS) is 21.3. The van der Waals surface area contributed by atoms with Crippen molar-refractivity contribution in [2.24, 2.45) is 5.73 Å². The fourth-order valence-electron chi connectivity index (χ4n) is 2.54. The molecule has 1 saturated heterocycles. The Bertz CT molecular complexity index is 592. The third-order valence-corrected chi connectivity index (χ3v) is 3.49. The Labute approximate surface area is 127 Å². The third-order valence-electron chi connectivity index (χ3n) is 3.49. The average molecular weight is 311 g/mol. The molecule has 1 aromatic carbocycles. The van der Waals surface area contributed by atoms with Crippen LogP contribution in [0.3, 0.4) is 0 Å². The number of carbonyl (C=O) groups is 2. The molecule has 120 valence electrons. The summed E-state index contributed by atoms with van der Waals surface area (Å²) in [5, 5.41) is 2.71. The molecule has 22 heavy (non-hydrogen) atoms. The molecule has 1 aliphatic rings. The van der Waals surface area contributed by atoms with E-state index < -0.39 is 29.1 Å². The van der Waals surface area contributed by atoms with Gasteiger partial charge in [-0.05, 0) is 38.5 Å². The topological polar surface area (TPSA) is 75.4 Å². The maximum absolute atomic E-state index is 13.8. The van der Waals surface area contributed by atoms with E-state index in [-0.39, 0.29) is 24.5 Å². The van der Waals surface area contributed by atoms with E-state index in [0.29, 0.717) is 6.42 Å². The highest BCUT2D eigenvalue weighted by molar-refractivity contribution is 5.98. The minimum absolute atomic E-state index is 0.0906. The van der Waals surface area contributed by atoms with Crippen molar-refractivity contribution in [3.63, 3.8) is 0 Å². The molecule has 1 aromatic rings. The Morgan fingerprint density at radius 3 is 2.68 bits per heavy atom. The summed E-state index contributed by atoms with van der Waals surface area (Å²) in [6.07, 6.45) is 0.293. The van der Waals surface area contributed by atoms with Gasteiger partial charge in [-0.15, -0.1) is 0 Å². The monoisotopic (exact) mass is 311 g/mol. The minimum atomic E-state index is -0.824. The molecule has 1 fully saturated rings. The Balaban J connectivity index is 2.26. The number of nitrogens with two attached hydrogens (primary N) is 1. The summed E-state index contributed by atoms with van der Waals surface area (Å²) in [5.74, 6) is -2.60. The largest absolute Gasteiger partial charge is 0.352 e. The number of hydrogen-bond donors (Lipinski definition) is 2. The summed E-state index contributed by atoms with van der Waals surface area (Å²) in [5.41, 5.74) is 5.43. The Kier molecular flexibility index (Phi) is 4.75. The lowest BCUT2D eigenvalue weighted by molar-refractivity contribution is -0.125. The fraction of sp³-hybridized carbons (Fsp3) is 0.467. The van der Waals surface area contributed by atoms with Gasteiger partial charge in [-0.3, -0.25) is 9.59 Å². The number of nitrogens with zero attached hydrogens (tertiary/aromatic N) is 1. The molecular formula is C15H19F2N3O2. The smallest absolute Gasteiger partial charge is 0.257 e. The van der Waals surface area contributed by atoms with Crippen LogP contribution in [0.5, 0.6) is 0 Å². The fourth-order valence-corrected chi connectivity index (χ4v) is 2.54. The van der Waals surface area contributed by atoms with Crippen LogP contribution >= 0.6 is 0 Å². The van der Waals surface area contributed by atoms with Crippen LogP contribution in [0, 0.1) is 11.6 Å². The Morgan fingerprint density at radius 1 is 1.36 bits per heavy atom. The van der Waals surface area contributed by atoms with Crippen LogP contribution in [0.4, 0.5) is 8.78 Å². The third kappa shape index (κ3) is 3.41. The predicted octanol–water partition coefficient (Wildman–Crippen LogP) is 1.03. The van der Waals surface area contributed by atoms with Crippen molar-refractivity contribution in [2.45, 2.75) is 38.4 Å². The van der Waals surface area contributed by atoms with Crippen molar-refractivity contribution < 1.29 is 18.4 Å². The first-order valence-electron chi connectivity index (χ1n) is 7.11. The number of amides is 2. The quantitative estimate of drug-likeness (QED) is 0.875. The van der Waals surface area contributed by atoms with Crippen molar-refractivity contribution >= 4 is 11.8 Å². The number of nitrogens with one attached hydrogen (secondary N) is 1. The van der Waals surface area contributed by atoms with Crippen LogP contribution in [0.15, 0.2) is 18.2 Å². The molecule has 0 bridgehead atoms. The summed E-state index contributed by atoms with van der Waals surface area (Å²) in [7, 11) is 0. The molecule has 0 aromatic heterocycles. The van der Waals surface area contributed by atoms with Gasteiger partial charge in [0.25, 0.3) is 5.91 Å². The molecule has 0 unspecified atom stereocenters. The van der Waals surface area contributed by atoms with Crippen molar-refractivity contribution in [3.05, 3.63) is 35.4 Å². The van der Waals surface area contributed by atoms with Gasteiger partial charge in [-0.25, -0.2) is 8.78 Å². The lowest BCUT2D eigenvalue weighted by atomic mass is 10.1. The van der Waals surface area contributed by atoms with Crippen molar-refractivity contribution in [2.75, 3.05) is 6.54 Å². The van der Waals surface area contributed by atoms with Gasteiger partial charge < -0.3 is 16.0 Å². The number of halogens is 2. The van der Waals surface area contributed by atoms with Gasteiger partial charge in [0.1, 0.15) is 17.7 Å². The van der Waals surface area contributed by atoms with Gasteiger partial charge in [0.2, 0.25) is 5.91 Å². The molecule has 2 amide bonds. The van der Waals surface area contributed by atoms with E-state index in [0.717, 1.165) is 18.2 Å². The molecule has 2 atom stereocenters. The average Bonchev–Trinajstić information content (AvgIpc) is 2.82. The van der Waals surface area contributed by atoms with E-state index in [9.17, 15) is 18.4 Å². The van der Waals surface area contributed by atoms with Gasteiger partial charge in [0.15, 0.2) is 0 Å². The maximum Gasteiger partial charge on any atom is 0.257 e. The van der Waals surface area contributed by atoms with E-state index in [1.165, 1.54) is 4.90 Å². The van der Waals surface area contributed by atoms with Crippen molar-refractivity contribution in [1.82, 2.24) is 10.2 Å². The standard InChI is InChI=1S/C15H19F2N3O2/c1-8(2)19-14(21)13-6-10(18)7-20(13)15(22)11-5-9(16)3-4-12(11)17/h3-5,8,10,13H,6-7,18H2,1-2H3,(H,19,21)/t10-,13+/m1/s1. The maximum atomic E-state index is 13.8. The first-order chi connectivity index (χ1) is 10.3. The molecule has 2 rings (SSSR count). The van der Waals surface area contributed by atoms with Crippen LogP contribution in [0.25, 0.3) is 0 Å². The number of hydrogen-bond acceptors (Lipinski definition) is 3. The summed E-state index contributed by atoms with van der Waals surface area (Å²) in [6, 6.07) is 1.43. The lowest BCUT2D eigenvalue weighted by Gasteiger charge is -2.25. The second-order valence-corrected chi connectivity index (χ2v) is 5.76. The van der Waals surface area contributed by atoms with Crippen LogP contribution in [0.1, 0.15) is 30.6 Å². The van der Waals surface area contributed by atoms with E-state index >= 15 is 0 Å². The molecule has 1 aliphatic heterocycles. The van der Waals surface area contributed by atoms with E-state index in [1.807, 2.05) is 0 Å². The molecule has 7 heteroatoms. The zero-order chi connectivity index (χ0) is 16.4. The van der Waals surface area contributed by atoms with E-state index in [1.54, 1.807) is 13.8 Å². The van der Waals surface area contributed by atoms with Gasteiger partial charge in [0, 0.05) is 18.6 Å². The zero-order valence-electron chi connectivity index (χ0n) is 12.5. The van der Waals surface area contributed by atoms with Gasteiger partial charge in [-0.2, -0.15) is 0 Å². The first kappa shape index (κ1) is 16.4. The Morgan fingerprint density at radius 2 is 2.05 bits per heavy atom. The van der Waals surface area contributed by atoms with Crippen LogP contribution in [-0.4, -0.2) is 41.4 Å². The second-order valence-electron chi connectivity index (χ2n) is 5.76. The summed E-state index contributed by atoms with van der Waals surface area (Å²) < 4.78 is 27.0. The molecule has 0 aliphatic carbocycles. The first-order valence-corrected chi connectivity index (χ1v) is 7.11. The highest BCUT2D eigenvalue weighted by Gasteiger charge is 2.39. The minimum Gasteiger partial charge on any atom is -0.352 e. The van der Waals surface area contributed by atoms with Gasteiger partial charge in [0.05, 0.1) is 5.56 Å². The molecule has 0 spiro atoms. The lowest BCUT2D eigenvalue weighted by Crippen LogP contribution is -2.47. The molecule has 3 N–H and O–H groups in total. The summed E-state index contributed by atoms with van der Waals surface area (Å²) >= 11 is 0. The van der Waals surface area contributed by atoms with E-state index in [4.69, 9.17) is 5.73 Å². The molecular weight excluding hydrogens is 292 g/mol. The second kappa shape index (κ2) is 6.39. The number of benzene rings is 1. The number of rotatable bonds is 3. The number of likely N-dealkylation sites (tertiary alicyclic amines) is 1. The van der Waals surface area contributed by atoms with Crippen LogP contribution < -0.4 is 11.1 Å². The highest BCUT2D eigenvalue weighted by Crippen LogP contribution is 2.22. The molecule has 0 saturated carbocycles. The van der Waals surface area contributed by atoms with Crippen LogP contribution in [0.2, 0.25) is 0 Å². The molecule has 1 heterocycles. The predicted molar refractivity (Wildman–Crippen MR) is 77.1 cm³/mol. The molecule has 5 nitrogen and oxygen atoms in total. The zero-order valence-corrected chi connectivity index (χ0v) is 12.5. The Hall–Kier alpha value is -2.02. The van der Waals surface area contributed by atoms with Crippen LogP contribution in [-0.2, 0) is 4.79 Å².